The van der Waals surface area contributed by atoms with Gasteiger partial charge in [-0.3, -0.25) is 0 Å². The van der Waals surface area contributed by atoms with E-state index in [9.17, 15) is 0 Å². The van der Waals surface area contributed by atoms with Crippen LogP contribution in [0.3, 0.4) is 0 Å². The molecule has 1 aromatic rings. The number of hydrogen-bond acceptors (Lipinski definition) is 0. The molecular formula is C14H20Cl2Si. The van der Waals surface area contributed by atoms with Gasteiger partial charge < -0.3 is 0 Å². The van der Waals surface area contributed by atoms with Gasteiger partial charge in [-0.1, -0.05) is 62.4 Å². The lowest BCUT2D eigenvalue weighted by atomic mass is 9.84. The Balaban J connectivity index is 2.01. The highest BCUT2D eigenvalue weighted by atomic mass is 35.7. The van der Waals surface area contributed by atoms with Gasteiger partial charge in [-0.25, -0.2) is 0 Å². The van der Waals surface area contributed by atoms with Crippen LogP contribution in [-0.4, -0.2) is 7.42 Å². The molecule has 0 N–H and O–H groups in total. The van der Waals surface area contributed by atoms with E-state index in [1.807, 2.05) is 0 Å². The van der Waals surface area contributed by atoms with Gasteiger partial charge in [-0.2, -0.15) is 22.2 Å². The van der Waals surface area contributed by atoms with Crippen LogP contribution in [0, 0.1) is 5.92 Å². The van der Waals surface area contributed by atoms with Crippen molar-refractivity contribution in [1.82, 2.24) is 0 Å². The second-order valence-corrected chi connectivity index (χ2v) is 10.1. The number of rotatable bonds is 4. The summed E-state index contributed by atoms with van der Waals surface area (Å²) >= 11 is 12.7. The molecule has 0 spiro atoms. The Kier molecular flexibility index (Phi) is 5.39. The summed E-state index contributed by atoms with van der Waals surface area (Å²) < 4.78 is 0. The summed E-state index contributed by atoms with van der Waals surface area (Å²) in [6.45, 7) is 0. The van der Waals surface area contributed by atoms with E-state index in [4.69, 9.17) is 22.2 Å². The Morgan fingerprint density at radius 1 is 1.06 bits per heavy atom. The van der Waals surface area contributed by atoms with E-state index in [-0.39, 0.29) is 0 Å². The molecule has 94 valence electrons. The molecule has 17 heavy (non-hydrogen) atoms. The summed E-state index contributed by atoms with van der Waals surface area (Å²) in [4.78, 5) is 0. The highest BCUT2D eigenvalue weighted by Gasteiger charge is 2.29. The first-order valence-corrected chi connectivity index (χ1v) is 10.8. The number of benzene rings is 1. The molecule has 1 atom stereocenters. The predicted molar refractivity (Wildman–Crippen MR) is 79.3 cm³/mol. The summed E-state index contributed by atoms with van der Waals surface area (Å²) in [6, 6.07) is 10.7. The van der Waals surface area contributed by atoms with Crippen molar-refractivity contribution in [2.75, 3.05) is 0 Å². The summed E-state index contributed by atoms with van der Waals surface area (Å²) in [5.41, 5.74) is 1.95. The maximum atomic E-state index is 6.33. The molecule has 0 aliphatic heterocycles. The lowest BCUT2D eigenvalue weighted by Crippen LogP contribution is -2.22. The first kappa shape index (κ1) is 13.4. The zero-order chi connectivity index (χ0) is 12.1. The Morgan fingerprint density at radius 2 is 1.71 bits per heavy atom. The van der Waals surface area contributed by atoms with Crippen LogP contribution in [0.25, 0.3) is 0 Å². The highest BCUT2D eigenvalue weighted by Crippen LogP contribution is 2.39. The van der Waals surface area contributed by atoms with E-state index in [0.717, 1.165) is 12.3 Å². The topological polar surface area (TPSA) is 0 Å². The zero-order valence-electron chi connectivity index (χ0n) is 10.1. The minimum Gasteiger partial charge on any atom is -0.150 e. The maximum absolute atomic E-state index is 6.33. The van der Waals surface area contributed by atoms with E-state index < -0.39 is 7.42 Å². The van der Waals surface area contributed by atoms with E-state index in [1.165, 1.54) is 37.7 Å². The Bertz CT molecular complexity index is 320. The molecule has 3 heteroatoms. The van der Waals surface area contributed by atoms with Crippen LogP contribution in [0.15, 0.2) is 30.3 Å². The lowest BCUT2D eigenvalue weighted by Gasteiger charge is -2.30. The van der Waals surface area contributed by atoms with E-state index in [2.05, 4.69) is 30.3 Å². The molecule has 0 saturated heterocycles. The van der Waals surface area contributed by atoms with Gasteiger partial charge in [0.25, 0.3) is 0 Å². The fraction of sp³-hybridized carbons (Fsp3) is 0.571. The van der Waals surface area contributed by atoms with Gasteiger partial charge in [0, 0.05) is 0 Å². The first-order valence-electron chi connectivity index (χ1n) is 6.59. The quantitative estimate of drug-likeness (QED) is 0.547. The van der Waals surface area contributed by atoms with Crippen LogP contribution in [0.2, 0.25) is 5.54 Å². The van der Waals surface area contributed by atoms with Gasteiger partial charge in [-0.15, -0.1) is 0 Å². The lowest BCUT2D eigenvalue weighted by molar-refractivity contribution is 0.338. The minimum atomic E-state index is -1.58. The summed E-state index contributed by atoms with van der Waals surface area (Å²) in [7, 11) is -1.58. The normalized spacial score (nSPS) is 19.5. The molecule has 1 aliphatic carbocycles. The van der Waals surface area contributed by atoms with Gasteiger partial charge in [-0.05, 0) is 23.4 Å². The molecular weight excluding hydrogens is 267 g/mol. The Hall–Kier alpha value is 0.0169. The van der Waals surface area contributed by atoms with E-state index >= 15 is 0 Å². The standard InChI is InChI=1S/C14H20Cl2Si/c15-17(16)14(13-9-5-2-6-10-13)11-12-7-3-1-4-8-12/h1,3-4,7-8,13-14,17H,2,5-6,9-11H2. The third-order valence-electron chi connectivity index (χ3n) is 3.89. The van der Waals surface area contributed by atoms with Crippen molar-refractivity contribution in [2.24, 2.45) is 5.92 Å². The summed E-state index contributed by atoms with van der Waals surface area (Å²) in [5, 5.41) is 0. The average molecular weight is 287 g/mol. The van der Waals surface area contributed by atoms with Crippen LogP contribution in [0.4, 0.5) is 0 Å². The smallest absolute Gasteiger partial charge is 0.150 e. The van der Waals surface area contributed by atoms with Crippen molar-refractivity contribution >= 4 is 29.6 Å². The molecule has 0 bridgehead atoms. The largest absolute Gasteiger partial charge is 0.240 e. The second kappa shape index (κ2) is 6.82. The van der Waals surface area contributed by atoms with E-state index in [1.54, 1.807) is 0 Å². The minimum absolute atomic E-state index is 0.557. The maximum Gasteiger partial charge on any atom is 0.240 e. The average Bonchev–Trinajstić information content (AvgIpc) is 2.38. The molecule has 1 saturated carbocycles. The highest BCUT2D eigenvalue weighted by molar-refractivity contribution is 7.34. The summed E-state index contributed by atoms with van der Waals surface area (Å²) in [5.74, 6) is 0.774. The van der Waals surface area contributed by atoms with Crippen molar-refractivity contribution in [3.8, 4) is 0 Å². The van der Waals surface area contributed by atoms with Gasteiger partial charge in [0.2, 0.25) is 7.42 Å². The third-order valence-corrected chi connectivity index (χ3v) is 7.26. The number of hydrogen-bond donors (Lipinski definition) is 0. The van der Waals surface area contributed by atoms with Crippen molar-refractivity contribution in [2.45, 2.75) is 44.1 Å². The fourth-order valence-corrected chi connectivity index (χ4v) is 5.93. The molecule has 1 fully saturated rings. The molecule has 0 radical (unpaired) electrons. The van der Waals surface area contributed by atoms with Crippen LogP contribution in [0.5, 0.6) is 0 Å². The molecule has 1 aromatic carbocycles. The van der Waals surface area contributed by atoms with Gasteiger partial charge in [0.1, 0.15) is 0 Å². The monoisotopic (exact) mass is 286 g/mol. The predicted octanol–water partition coefficient (Wildman–Crippen LogP) is 4.88. The molecule has 1 unspecified atom stereocenters. The van der Waals surface area contributed by atoms with Crippen molar-refractivity contribution in [3.05, 3.63) is 35.9 Å². The molecule has 0 amide bonds. The first-order chi connectivity index (χ1) is 8.27. The van der Waals surface area contributed by atoms with E-state index in [0.29, 0.717) is 5.54 Å². The fourth-order valence-electron chi connectivity index (χ4n) is 2.91. The molecule has 0 heterocycles. The van der Waals surface area contributed by atoms with Gasteiger partial charge >= 0.3 is 0 Å². The van der Waals surface area contributed by atoms with Crippen molar-refractivity contribution < 1.29 is 0 Å². The van der Waals surface area contributed by atoms with Crippen LogP contribution in [0.1, 0.15) is 37.7 Å². The number of halogens is 2. The Morgan fingerprint density at radius 3 is 2.29 bits per heavy atom. The van der Waals surface area contributed by atoms with Crippen LogP contribution < -0.4 is 0 Å². The molecule has 2 rings (SSSR count). The van der Waals surface area contributed by atoms with Crippen molar-refractivity contribution in [3.63, 3.8) is 0 Å². The molecule has 1 aliphatic rings. The van der Waals surface area contributed by atoms with Gasteiger partial charge in [0.05, 0.1) is 0 Å². The summed E-state index contributed by atoms with van der Waals surface area (Å²) in [6.07, 6.45) is 7.87. The van der Waals surface area contributed by atoms with Gasteiger partial charge in [0.15, 0.2) is 0 Å². The second-order valence-electron chi connectivity index (χ2n) is 5.09. The molecule has 0 nitrogen and oxygen atoms in total. The Labute approximate surface area is 115 Å². The zero-order valence-corrected chi connectivity index (χ0v) is 12.8. The third kappa shape index (κ3) is 4.01. The SMILES string of the molecule is Cl[SiH](Cl)C(Cc1ccccc1)C1CCCCC1. The molecule has 0 aromatic heterocycles. The van der Waals surface area contributed by atoms with Crippen molar-refractivity contribution in [1.29, 1.82) is 0 Å². The van der Waals surface area contributed by atoms with Crippen LogP contribution >= 0.6 is 22.2 Å². The van der Waals surface area contributed by atoms with Crippen LogP contribution in [-0.2, 0) is 6.42 Å².